The molecule has 2 aliphatic heterocycles. The highest BCUT2D eigenvalue weighted by Gasteiger charge is 2.37. The van der Waals surface area contributed by atoms with Gasteiger partial charge in [-0.1, -0.05) is 0 Å². The minimum atomic E-state index is 0.368. The van der Waals surface area contributed by atoms with Crippen molar-refractivity contribution >= 4 is 5.78 Å². The molecule has 3 nitrogen and oxygen atoms in total. The average molecular weight is 248 g/mol. The molecule has 0 atom stereocenters. The van der Waals surface area contributed by atoms with Gasteiger partial charge in [0.25, 0.3) is 0 Å². The number of piperidine rings is 2. The van der Waals surface area contributed by atoms with Crippen LogP contribution in [0.4, 0.5) is 0 Å². The van der Waals surface area contributed by atoms with E-state index in [1.807, 2.05) is 6.92 Å². The molecular weight excluding hydrogens is 224 g/mol. The molecule has 100 valence electrons. The van der Waals surface area contributed by atoms with Crippen LogP contribution in [0.15, 0.2) is 11.3 Å². The van der Waals surface area contributed by atoms with Crippen molar-refractivity contribution < 1.29 is 4.79 Å². The summed E-state index contributed by atoms with van der Waals surface area (Å²) in [6.45, 7) is 6.74. The number of likely N-dealkylation sites (tertiary alicyclic amines) is 1. The summed E-state index contributed by atoms with van der Waals surface area (Å²) in [6, 6.07) is 0. The predicted molar refractivity (Wildman–Crippen MR) is 72.3 cm³/mol. The van der Waals surface area contributed by atoms with Crippen LogP contribution >= 0.6 is 0 Å². The third kappa shape index (κ3) is 2.09. The van der Waals surface area contributed by atoms with E-state index in [2.05, 4.69) is 10.2 Å². The van der Waals surface area contributed by atoms with Crippen molar-refractivity contribution in [2.45, 2.75) is 45.4 Å². The van der Waals surface area contributed by atoms with Crippen LogP contribution in [-0.2, 0) is 4.79 Å². The third-order valence-corrected chi connectivity index (χ3v) is 5.31. The predicted octanol–water partition coefficient (Wildman–Crippen LogP) is 2.09. The van der Waals surface area contributed by atoms with Crippen LogP contribution in [0.2, 0.25) is 0 Å². The van der Waals surface area contributed by atoms with E-state index in [9.17, 15) is 4.79 Å². The SMILES string of the molecule is CC1=C(N2CCC3(CCNCC3)CC2)CCC1=O. The van der Waals surface area contributed by atoms with E-state index >= 15 is 0 Å². The molecule has 2 fully saturated rings. The number of nitrogens with zero attached hydrogens (tertiary/aromatic N) is 1. The molecule has 0 aromatic rings. The molecule has 2 saturated heterocycles. The van der Waals surface area contributed by atoms with Crippen LogP contribution in [0.5, 0.6) is 0 Å². The first-order valence-electron chi connectivity index (χ1n) is 7.39. The van der Waals surface area contributed by atoms with Gasteiger partial charge in [0.15, 0.2) is 5.78 Å². The van der Waals surface area contributed by atoms with Gasteiger partial charge in [-0.15, -0.1) is 0 Å². The zero-order valence-electron chi connectivity index (χ0n) is 11.4. The van der Waals surface area contributed by atoms with E-state index < -0.39 is 0 Å². The van der Waals surface area contributed by atoms with Crippen LogP contribution in [0.3, 0.4) is 0 Å². The van der Waals surface area contributed by atoms with Crippen molar-refractivity contribution in [1.82, 2.24) is 10.2 Å². The highest BCUT2D eigenvalue weighted by Crippen LogP contribution is 2.41. The van der Waals surface area contributed by atoms with Crippen LogP contribution in [0, 0.1) is 5.41 Å². The van der Waals surface area contributed by atoms with Crippen molar-refractivity contribution in [3.8, 4) is 0 Å². The average Bonchev–Trinajstić information content (AvgIpc) is 2.73. The Balaban J connectivity index is 1.65. The summed E-state index contributed by atoms with van der Waals surface area (Å²) < 4.78 is 0. The Morgan fingerprint density at radius 2 is 1.72 bits per heavy atom. The summed E-state index contributed by atoms with van der Waals surface area (Å²) in [7, 11) is 0. The number of nitrogens with one attached hydrogen (secondary N) is 1. The highest BCUT2D eigenvalue weighted by molar-refractivity contribution is 5.97. The molecule has 0 bridgehead atoms. The fraction of sp³-hybridized carbons (Fsp3) is 0.800. The summed E-state index contributed by atoms with van der Waals surface area (Å²) in [5.74, 6) is 0.368. The van der Waals surface area contributed by atoms with Crippen molar-refractivity contribution in [3.63, 3.8) is 0 Å². The Morgan fingerprint density at radius 3 is 2.28 bits per heavy atom. The van der Waals surface area contributed by atoms with Crippen molar-refractivity contribution in [2.24, 2.45) is 5.41 Å². The second-order valence-corrected chi connectivity index (χ2v) is 6.23. The van der Waals surface area contributed by atoms with Gasteiger partial charge in [-0.2, -0.15) is 0 Å². The molecule has 1 aliphatic carbocycles. The van der Waals surface area contributed by atoms with Crippen molar-refractivity contribution in [3.05, 3.63) is 11.3 Å². The molecule has 0 aromatic heterocycles. The summed E-state index contributed by atoms with van der Waals surface area (Å²) in [5, 5.41) is 3.47. The van der Waals surface area contributed by atoms with E-state index in [4.69, 9.17) is 0 Å². The molecule has 3 aliphatic rings. The van der Waals surface area contributed by atoms with E-state index in [0.29, 0.717) is 11.2 Å². The summed E-state index contributed by atoms with van der Waals surface area (Å²) >= 11 is 0. The first-order chi connectivity index (χ1) is 8.70. The molecule has 1 spiro atoms. The quantitative estimate of drug-likeness (QED) is 0.771. The fourth-order valence-corrected chi connectivity index (χ4v) is 3.87. The number of hydrogen-bond acceptors (Lipinski definition) is 3. The Hall–Kier alpha value is -0.830. The Bertz CT molecular complexity index is 370. The van der Waals surface area contributed by atoms with Crippen LogP contribution in [0.1, 0.15) is 45.4 Å². The van der Waals surface area contributed by atoms with Crippen LogP contribution < -0.4 is 5.32 Å². The number of hydrogen-bond donors (Lipinski definition) is 1. The van der Waals surface area contributed by atoms with E-state index in [1.54, 1.807) is 0 Å². The monoisotopic (exact) mass is 248 g/mol. The Kier molecular flexibility index (Phi) is 3.18. The normalized spacial score (nSPS) is 28.3. The first kappa shape index (κ1) is 12.2. The van der Waals surface area contributed by atoms with E-state index in [1.165, 1.54) is 57.6 Å². The minimum Gasteiger partial charge on any atom is -0.374 e. The number of carbonyl (C=O) groups excluding carboxylic acids is 1. The maximum Gasteiger partial charge on any atom is 0.160 e. The smallest absolute Gasteiger partial charge is 0.160 e. The number of allylic oxidation sites excluding steroid dienone is 2. The molecule has 0 saturated carbocycles. The van der Waals surface area contributed by atoms with E-state index in [-0.39, 0.29) is 0 Å². The molecular formula is C15H24N2O. The zero-order valence-corrected chi connectivity index (χ0v) is 11.4. The fourth-order valence-electron chi connectivity index (χ4n) is 3.87. The van der Waals surface area contributed by atoms with Crippen LogP contribution in [0.25, 0.3) is 0 Å². The topological polar surface area (TPSA) is 32.3 Å². The molecule has 3 rings (SSSR count). The second-order valence-electron chi connectivity index (χ2n) is 6.23. The van der Waals surface area contributed by atoms with Gasteiger partial charge in [0.2, 0.25) is 0 Å². The zero-order chi connectivity index (χ0) is 12.6. The van der Waals surface area contributed by atoms with Crippen LogP contribution in [-0.4, -0.2) is 36.9 Å². The minimum absolute atomic E-state index is 0.368. The van der Waals surface area contributed by atoms with Gasteiger partial charge in [0, 0.05) is 30.8 Å². The maximum atomic E-state index is 11.6. The van der Waals surface area contributed by atoms with Gasteiger partial charge in [-0.05, 0) is 57.5 Å². The summed E-state index contributed by atoms with van der Waals surface area (Å²) in [4.78, 5) is 14.1. The molecule has 18 heavy (non-hydrogen) atoms. The summed E-state index contributed by atoms with van der Waals surface area (Å²) in [6.07, 6.45) is 7.06. The lowest BCUT2D eigenvalue weighted by Crippen LogP contribution is -2.45. The maximum absolute atomic E-state index is 11.6. The standard InChI is InChI=1S/C15H24N2O/c1-12-13(2-3-14(12)18)17-10-6-15(7-11-17)4-8-16-9-5-15/h16H,2-11H2,1H3. The Labute approximate surface area is 110 Å². The van der Waals surface area contributed by atoms with E-state index in [0.717, 1.165) is 18.4 Å². The van der Waals surface area contributed by atoms with Gasteiger partial charge in [-0.25, -0.2) is 0 Å². The largest absolute Gasteiger partial charge is 0.374 e. The van der Waals surface area contributed by atoms with Gasteiger partial charge >= 0.3 is 0 Å². The number of Topliss-reactive ketones (excluding diaryl/α,β-unsaturated/α-hetero) is 1. The third-order valence-electron chi connectivity index (χ3n) is 5.31. The first-order valence-corrected chi connectivity index (χ1v) is 7.39. The molecule has 0 amide bonds. The molecule has 0 radical (unpaired) electrons. The van der Waals surface area contributed by atoms with Crippen molar-refractivity contribution in [1.29, 1.82) is 0 Å². The lowest BCUT2D eigenvalue weighted by molar-refractivity contribution is -0.114. The van der Waals surface area contributed by atoms with Gasteiger partial charge in [0.1, 0.15) is 0 Å². The number of rotatable bonds is 1. The van der Waals surface area contributed by atoms with Gasteiger partial charge in [-0.3, -0.25) is 4.79 Å². The molecule has 0 unspecified atom stereocenters. The second kappa shape index (κ2) is 4.69. The lowest BCUT2D eigenvalue weighted by Gasteiger charge is -2.45. The Morgan fingerprint density at radius 1 is 1.06 bits per heavy atom. The van der Waals surface area contributed by atoms with Crippen molar-refractivity contribution in [2.75, 3.05) is 26.2 Å². The molecule has 2 heterocycles. The highest BCUT2D eigenvalue weighted by atomic mass is 16.1. The van der Waals surface area contributed by atoms with Gasteiger partial charge < -0.3 is 10.2 Å². The molecule has 0 aromatic carbocycles. The number of carbonyl (C=O) groups is 1. The molecule has 3 heteroatoms. The van der Waals surface area contributed by atoms with Gasteiger partial charge in [0.05, 0.1) is 0 Å². The molecule has 1 N–H and O–H groups in total. The summed E-state index contributed by atoms with van der Waals surface area (Å²) in [5.41, 5.74) is 3.00. The lowest BCUT2D eigenvalue weighted by atomic mass is 9.71. The number of ketones is 1.